The van der Waals surface area contributed by atoms with E-state index in [1.54, 1.807) is 6.20 Å². The van der Waals surface area contributed by atoms with Gasteiger partial charge in [0.15, 0.2) is 5.82 Å². The highest BCUT2D eigenvalue weighted by Crippen LogP contribution is 2.13. The van der Waals surface area contributed by atoms with E-state index in [9.17, 15) is 0 Å². The summed E-state index contributed by atoms with van der Waals surface area (Å²) in [6.07, 6.45) is 1.76. The van der Waals surface area contributed by atoms with E-state index in [0.717, 1.165) is 23.5 Å². The van der Waals surface area contributed by atoms with E-state index < -0.39 is 0 Å². The highest BCUT2D eigenvalue weighted by atomic mass is 15.2. The molecule has 4 nitrogen and oxygen atoms in total. The highest BCUT2D eigenvalue weighted by Gasteiger charge is 2.04. The Balaban J connectivity index is 2.13. The minimum Gasteiger partial charge on any atom is -0.354 e. The normalized spacial score (nSPS) is 10.4. The quantitative estimate of drug-likeness (QED) is 0.889. The summed E-state index contributed by atoms with van der Waals surface area (Å²) in [4.78, 5) is 2.08. The van der Waals surface area contributed by atoms with E-state index in [1.807, 2.05) is 32.2 Å². The molecule has 1 aromatic heterocycles. The molecule has 0 spiro atoms. The summed E-state index contributed by atoms with van der Waals surface area (Å²) in [5, 5.41) is 8.10. The zero-order valence-corrected chi connectivity index (χ0v) is 10.8. The lowest BCUT2D eigenvalue weighted by molar-refractivity contribution is 0.860. The number of aromatic nitrogens is 2. The molecule has 0 fully saturated rings. The predicted molar refractivity (Wildman–Crippen MR) is 73.2 cm³/mol. The van der Waals surface area contributed by atoms with Crippen molar-refractivity contribution in [2.45, 2.75) is 20.0 Å². The molecule has 0 aliphatic carbocycles. The van der Waals surface area contributed by atoms with Gasteiger partial charge in [-0.05, 0) is 29.7 Å². The Morgan fingerprint density at radius 1 is 1.22 bits per heavy atom. The number of nitrogens with zero attached hydrogens (tertiary/aromatic N) is 3. The third kappa shape index (κ3) is 3.05. The molecular weight excluding hydrogens is 224 g/mol. The first-order valence-electron chi connectivity index (χ1n) is 5.97. The van der Waals surface area contributed by atoms with Crippen LogP contribution >= 0.6 is 0 Å². The standard InChI is InChI=1S/C14H18N4/c1-11-6-14(17-16-9-11)18(2)10-13-5-3-4-12(7-13)8-15/h3-7,9H,8,10,15H2,1-2H3. The zero-order valence-electron chi connectivity index (χ0n) is 10.8. The average Bonchev–Trinajstić information content (AvgIpc) is 2.39. The second-order valence-corrected chi connectivity index (χ2v) is 4.47. The second-order valence-electron chi connectivity index (χ2n) is 4.47. The lowest BCUT2D eigenvalue weighted by Gasteiger charge is -2.18. The van der Waals surface area contributed by atoms with Crippen molar-refractivity contribution in [2.75, 3.05) is 11.9 Å². The van der Waals surface area contributed by atoms with Crippen LogP contribution in [0.4, 0.5) is 5.82 Å². The van der Waals surface area contributed by atoms with Gasteiger partial charge in [-0.15, -0.1) is 5.10 Å². The zero-order chi connectivity index (χ0) is 13.0. The number of anilines is 1. The van der Waals surface area contributed by atoms with Crippen molar-refractivity contribution >= 4 is 5.82 Å². The van der Waals surface area contributed by atoms with Crippen molar-refractivity contribution in [1.29, 1.82) is 0 Å². The molecule has 1 aromatic carbocycles. The molecule has 0 bridgehead atoms. The van der Waals surface area contributed by atoms with E-state index in [2.05, 4.69) is 27.2 Å². The fraction of sp³-hybridized carbons (Fsp3) is 0.286. The lowest BCUT2D eigenvalue weighted by Crippen LogP contribution is -2.18. The fourth-order valence-corrected chi connectivity index (χ4v) is 1.85. The maximum atomic E-state index is 5.64. The van der Waals surface area contributed by atoms with E-state index in [4.69, 9.17) is 5.73 Å². The minimum absolute atomic E-state index is 0.571. The maximum absolute atomic E-state index is 5.64. The van der Waals surface area contributed by atoms with Crippen LogP contribution in [0, 0.1) is 6.92 Å². The highest BCUT2D eigenvalue weighted by molar-refractivity contribution is 5.39. The van der Waals surface area contributed by atoms with Gasteiger partial charge in [0.05, 0.1) is 6.20 Å². The van der Waals surface area contributed by atoms with E-state index in [1.165, 1.54) is 5.56 Å². The second kappa shape index (κ2) is 5.60. The van der Waals surface area contributed by atoms with Gasteiger partial charge in [0, 0.05) is 20.1 Å². The number of aryl methyl sites for hydroxylation is 1. The Morgan fingerprint density at radius 3 is 2.72 bits per heavy atom. The molecule has 94 valence electrons. The van der Waals surface area contributed by atoms with Crippen LogP contribution in [0.25, 0.3) is 0 Å². The van der Waals surface area contributed by atoms with Crippen LogP contribution in [0.1, 0.15) is 16.7 Å². The summed E-state index contributed by atoms with van der Waals surface area (Å²) in [5.41, 5.74) is 9.13. The average molecular weight is 242 g/mol. The molecule has 4 heteroatoms. The summed E-state index contributed by atoms with van der Waals surface area (Å²) >= 11 is 0. The van der Waals surface area contributed by atoms with Crippen molar-refractivity contribution in [3.8, 4) is 0 Å². The predicted octanol–water partition coefficient (Wildman–Crippen LogP) is 1.88. The van der Waals surface area contributed by atoms with E-state index >= 15 is 0 Å². The monoisotopic (exact) mass is 242 g/mol. The summed E-state index contributed by atoms with van der Waals surface area (Å²) in [5.74, 6) is 0.883. The maximum Gasteiger partial charge on any atom is 0.151 e. The lowest BCUT2D eigenvalue weighted by atomic mass is 10.1. The smallest absolute Gasteiger partial charge is 0.151 e. The Morgan fingerprint density at radius 2 is 2.00 bits per heavy atom. The molecule has 18 heavy (non-hydrogen) atoms. The van der Waals surface area contributed by atoms with Crippen LogP contribution in [0.2, 0.25) is 0 Å². The minimum atomic E-state index is 0.571. The summed E-state index contributed by atoms with van der Waals surface area (Å²) in [6.45, 7) is 3.38. The van der Waals surface area contributed by atoms with Gasteiger partial charge in [-0.1, -0.05) is 24.3 Å². The molecule has 0 radical (unpaired) electrons. The molecule has 1 heterocycles. The largest absolute Gasteiger partial charge is 0.354 e. The number of hydrogen-bond donors (Lipinski definition) is 1. The van der Waals surface area contributed by atoms with Crippen molar-refractivity contribution in [2.24, 2.45) is 5.73 Å². The van der Waals surface area contributed by atoms with Crippen LogP contribution in [-0.2, 0) is 13.1 Å². The van der Waals surface area contributed by atoms with Crippen LogP contribution in [-0.4, -0.2) is 17.2 Å². The van der Waals surface area contributed by atoms with Crippen molar-refractivity contribution in [3.05, 3.63) is 53.2 Å². The van der Waals surface area contributed by atoms with Crippen molar-refractivity contribution in [3.63, 3.8) is 0 Å². The Kier molecular flexibility index (Phi) is 3.89. The van der Waals surface area contributed by atoms with Gasteiger partial charge in [0.1, 0.15) is 0 Å². The molecule has 2 N–H and O–H groups in total. The Hall–Kier alpha value is -1.94. The number of hydrogen-bond acceptors (Lipinski definition) is 4. The molecule has 0 saturated heterocycles. The van der Waals surface area contributed by atoms with Crippen LogP contribution in [0.5, 0.6) is 0 Å². The third-order valence-corrected chi connectivity index (χ3v) is 2.82. The number of nitrogens with two attached hydrogens (primary N) is 1. The topological polar surface area (TPSA) is 55.0 Å². The molecule has 0 aliphatic heterocycles. The van der Waals surface area contributed by atoms with Crippen LogP contribution < -0.4 is 10.6 Å². The molecule has 0 saturated carbocycles. The molecule has 0 atom stereocenters. The van der Waals surface area contributed by atoms with Gasteiger partial charge in [0.2, 0.25) is 0 Å². The van der Waals surface area contributed by atoms with Gasteiger partial charge < -0.3 is 10.6 Å². The fourth-order valence-electron chi connectivity index (χ4n) is 1.85. The Bertz CT molecular complexity index is 525. The van der Waals surface area contributed by atoms with Gasteiger partial charge in [-0.3, -0.25) is 0 Å². The van der Waals surface area contributed by atoms with Gasteiger partial charge in [-0.25, -0.2) is 0 Å². The summed E-state index contributed by atoms with van der Waals surface area (Å²) in [6, 6.07) is 10.3. The van der Waals surface area contributed by atoms with Gasteiger partial charge in [-0.2, -0.15) is 5.10 Å². The SMILES string of the molecule is Cc1cnnc(N(C)Cc2cccc(CN)c2)c1. The molecule has 0 aliphatic rings. The van der Waals surface area contributed by atoms with Gasteiger partial charge >= 0.3 is 0 Å². The first-order chi connectivity index (χ1) is 8.69. The molecule has 2 rings (SSSR count). The summed E-state index contributed by atoms with van der Waals surface area (Å²) < 4.78 is 0. The van der Waals surface area contributed by atoms with E-state index in [-0.39, 0.29) is 0 Å². The molecule has 2 aromatic rings. The van der Waals surface area contributed by atoms with Crippen molar-refractivity contribution < 1.29 is 0 Å². The van der Waals surface area contributed by atoms with Crippen LogP contribution in [0.15, 0.2) is 36.5 Å². The van der Waals surface area contributed by atoms with E-state index in [0.29, 0.717) is 6.54 Å². The van der Waals surface area contributed by atoms with Crippen LogP contribution in [0.3, 0.4) is 0 Å². The number of rotatable bonds is 4. The first-order valence-corrected chi connectivity index (χ1v) is 5.97. The van der Waals surface area contributed by atoms with Crippen molar-refractivity contribution in [1.82, 2.24) is 10.2 Å². The molecular formula is C14H18N4. The first kappa shape index (κ1) is 12.5. The Labute approximate surface area is 107 Å². The summed E-state index contributed by atoms with van der Waals surface area (Å²) in [7, 11) is 2.01. The molecule has 0 amide bonds. The molecule has 0 unspecified atom stereocenters. The number of benzene rings is 1. The third-order valence-electron chi connectivity index (χ3n) is 2.82. The van der Waals surface area contributed by atoms with Gasteiger partial charge in [0.25, 0.3) is 0 Å².